The van der Waals surface area contributed by atoms with Gasteiger partial charge in [0.05, 0.1) is 18.8 Å². The van der Waals surface area contributed by atoms with Crippen molar-refractivity contribution in [1.29, 1.82) is 0 Å². The lowest BCUT2D eigenvalue weighted by atomic mass is 10.4. The van der Waals surface area contributed by atoms with Gasteiger partial charge < -0.3 is 10.1 Å². The number of hydrogen-bond acceptors (Lipinski definition) is 3. The molecule has 0 atom stereocenters. The van der Waals surface area contributed by atoms with Gasteiger partial charge in [0.25, 0.3) is 0 Å². The number of rotatable bonds is 8. The highest BCUT2D eigenvalue weighted by molar-refractivity contribution is 4.99. The van der Waals surface area contributed by atoms with E-state index in [-0.39, 0.29) is 6.61 Å². The maximum atomic E-state index is 11.8. The van der Waals surface area contributed by atoms with Crippen LogP contribution in [0.1, 0.15) is 19.0 Å². The van der Waals surface area contributed by atoms with Crippen molar-refractivity contribution in [3.05, 3.63) is 18.0 Å². The number of hydrogen-bond donors (Lipinski definition) is 1. The molecule has 0 aliphatic carbocycles. The van der Waals surface area contributed by atoms with Crippen molar-refractivity contribution in [3.63, 3.8) is 0 Å². The maximum absolute atomic E-state index is 11.8. The standard InChI is InChI=1S/C11H18F3N3O/c1-2-4-15-8-10-3-5-16-17(10)6-7-18-9-11(12,13)14/h3,5,15H,2,4,6-9H2,1H3. The minimum absolute atomic E-state index is 0.00195. The van der Waals surface area contributed by atoms with E-state index in [1.54, 1.807) is 10.9 Å². The Morgan fingerprint density at radius 1 is 1.44 bits per heavy atom. The largest absolute Gasteiger partial charge is 0.411 e. The van der Waals surface area contributed by atoms with Crippen molar-refractivity contribution in [2.45, 2.75) is 32.6 Å². The monoisotopic (exact) mass is 265 g/mol. The molecule has 0 amide bonds. The van der Waals surface area contributed by atoms with Crippen molar-refractivity contribution < 1.29 is 17.9 Å². The van der Waals surface area contributed by atoms with Crippen LogP contribution in [0.3, 0.4) is 0 Å². The van der Waals surface area contributed by atoms with Crippen LogP contribution in [0, 0.1) is 0 Å². The van der Waals surface area contributed by atoms with Crippen molar-refractivity contribution in [1.82, 2.24) is 15.1 Å². The van der Waals surface area contributed by atoms with Crippen molar-refractivity contribution in [3.8, 4) is 0 Å². The Labute approximate surface area is 104 Å². The summed E-state index contributed by atoms with van der Waals surface area (Å²) < 4.78 is 41.7. The Kier molecular flexibility index (Phi) is 6.14. The van der Waals surface area contributed by atoms with Crippen LogP contribution < -0.4 is 5.32 Å². The molecule has 1 aromatic heterocycles. The summed E-state index contributed by atoms with van der Waals surface area (Å²) in [6.07, 6.45) is -1.61. The third kappa shape index (κ3) is 6.02. The zero-order chi connectivity index (χ0) is 13.4. The quantitative estimate of drug-likeness (QED) is 0.730. The Hall–Kier alpha value is -1.08. The second kappa shape index (κ2) is 7.38. The molecule has 0 spiro atoms. The van der Waals surface area contributed by atoms with Crippen LogP contribution in [-0.2, 0) is 17.8 Å². The molecule has 104 valence electrons. The second-order valence-corrected chi connectivity index (χ2v) is 3.89. The number of halogens is 3. The number of nitrogens with one attached hydrogen (secondary N) is 1. The Balaban J connectivity index is 2.27. The summed E-state index contributed by atoms with van der Waals surface area (Å²) in [4.78, 5) is 0. The molecule has 0 fully saturated rings. The molecule has 0 unspecified atom stereocenters. The van der Waals surface area contributed by atoms with Crippen LogP contribution in [0.2, 0.25) is 0 Å². The van der Waals surface area contributed by atoms with Crippen molar-refractivity contribution in [2.24, 2.45) is 0 Å². The van der Waals surface area contributed by atoms with Crippen LogP contribution in [0.4, 0.5) is 13.2 Å². The smallest absolute Gasteiger partial charge is 0.370 e. The molecule has 0 bridgehead atoms. The normalized spacial score (nSPS) is 12.0. The SMILES string of the molecule is CCCNCc1ccnn1CCOCC(F)(F)F. The van der Waals surface area contributed by atoms with E-state index >= 15 is 0 Å². The van der Waals surface area contributed by atoms with E-state index in [4.69, 9.17) is 0 Å². The van der Waals surface area contributed by atoms with Gasteiger partial charge in [-0.25, -0.2) is 0 Å². The second-order valence-electron chi connectivity index (χ2n) is 3.89. The van der Waals surface area contributed by atoms with E-state index in [1.165, 1.54) is 0 Å². The molecule has 1 heterocycles. The minimum Gasteiger partial charge on any atom is -0.370 e. The van der Waals surface area contributed by atoms with Crippen LogP contribution in [0.25, 0.3) is 0 Å². The molecule has 0 aliphatic heterocycles. The van der Waals surface area contributed by atoms with E-state index < -0.39 is 12.8 Å². The van der Waals surface area contributed by atoms with Crippen LogP contribution >= 0.6 is 0 Å². The van der Waals surface area contributed by atoms with Gasteiger partial charge in [0, 0.05) is 12.7 Å². The molecule has 1 rings (SSSR count). The number of aromatic nitrogens is 2. The van der Waals surface area contributed by atoms with Crippen LogP contribution in [0.5, 0.6) is 0 Å². The van der Waals surface area contributed by atoms with Gasteiger partial charge in [-0.2, -0.15) is 18.3 Å². The third-order valence-corrected chi connectivity index (χ3v) is 2.25. The predicted molar refractivity (Wildman–Crippen MR) is 61.1 cm³/mol. The van der Waals surface area contributed by atoms with E-state index in [1.807, 2.05) is 6.07 Å². The molecule has 0 saturated heterocycles. The van der Waals surface area contributed by atoms with E-state index in [9.17, 15) is 13.2 Å². The summed E-state index contributed by atoms with van der Waals surface area (Å²) in [7, 11) is 0. The first-order valence-electron chi connectivity index (χ1n) is 5.89. The fourth-order valence-electron chi connectivity index (χ4n) is 1.44. The first-order chi connectivity index (χ1) is 8.53. The fraction of sp³-hybridized carbons (Fsp3) is 0.727. The van der Waals surface area contributed by atoms with Crippen molar-refractivity contribution >= 4 is 0 Å². The lowest BCUT2D eigenvalue weighted by Crippen LogP contribution is -2.21. The first kappa shape index (κ1) is 15.0. The summed E-state index contributed by atoms with van der Waals surface area (Å²) in [6, 6.07) is 1.84. The lowest BCUT2D eigenvalue weighted by Gasteiger charge is -2.10. The summed E-state index contributed by atoms with van der Waals surface area (Å²) in [6.45, 7) is 2.74. The summed E-state index contributed by atoms with van der Waals surface area (Å²) in [5, 5.41) is 7.26. The number of ether oxygens (including phenoxy) is 1. The molecule has 1 aromatic rings. The van der Waals surface area contributed by atoms with Gasteiger partial charge in [0.2, 0.25) is 0 Å². The predicted octanol–water partition coefficient (Wildman–Crippen LogP) is 1.96. The summed E-state index contributed by atoms with van der Waals surface area (Å²) in [5.41, 5.74) is 0.944. The zero-order valence-electron chi connectivity index (χ0n) is 10.3. The molecule has 7 heteroatoms. The van der Waals surface area contributed by atoms with E-state index in [0.717, 1.165) is 18.7 Å². The van der Waals surface area contributed by atoms with E-state index in [0.29, 0.717) is 13.1 Å². The van der Waals surface area contributed by atoms with Gasteiger partial charge in [-0.3, -0.25) is 4.68 Å². The Morgan fingerprint density at radius 2 is 2.22 bits per heavy atom. The molecule has 0 aliphatic rings. The third-order valence-electron chi connectivity index (χ3n) is 2.25. The molecule has 4 nitrogen and oxygen atoms in total. The number of nitrogens with zero attached hydrogens (tertiary/aromatic N) is 2. The Bertz CT molecular complexity index is 339. The average molecular weight is 265 g/mol. The number of alkyl halides is 3. The molecular weight excluding hydrogens is 247 g/mol. The molecular formula is C11H18F3N3O. The highest BCUT2D eigenvalue weighted by Crippen LogP contribution is 2.14. The lowest BCUT2D eigenvalue weighted by molar-refractivity contribution is -0.174. The topological polar surface area (TPSA) is 39.1 Å². The summed E-state index contributed by atoms with van der Waals surface area (Å²) in [5.74, 6) is 0. The fourth-order valence-corrected chi connectivity index (χ4v) is 1.44. The van der Waals surface area contributed by atoms with Gasteiger partial charge >= 0.3 is 6.18 Å². The first-order valence-corrected chi connectivity index (χ1v) is 5.89. The van der Waals surface area contributed by atoms with Gasteiger partial charge in [-0.1, -0.05) is 6.92 Å². The molecule has 1 N–H and O–H groups in total. The molecule has 0 radical (unpaired) electrons. The van der Waals surface area contributed by atoms with Gasteiger partial charge in [-0.15, -0.1) is 0 Å². The van der Waals surface area contributed by atoms with Crippen LogP contribution in [-0.4, -0.2) is 35.7 Å². The molecule has 0 aromatic carbocycles. The van der Waals surface area contributed by atoms with E-state index in [2.05, 4.69) is 22.1 Å². The minimum atomic E-state index is -4.27. The highest BCUT2D eigenvalue weighted by Gasteiger charge is 2.27. The van der Waals surface area contributed by atoms with Gasteiger partial charge in [-0.05, 0) is 19.0 Å². The van der Waals surface area contributed by atoms with Gasteiger partial charge in [0.1, 0.15) is 6.61 Å². The molecule has 18 heavy (non-hydrogen) atoms. The average Bonchev–Trinajstić information content (AvgIpc) is 2.71. The Morgan fingerprint density at radius 3 is 2.89 bits per heavy atom. The van der Waals surface area contributed by atoms with Crippen molar-refractivity contribution in [2.75, 3.05) is 19.8 Å². The molecule has 0 saturated carbocycles. The highest BCUT2D eigenvalue weighted by atomic mass is 19.4. The zero-order valence-corrected chi connectivity index (χ0v) is 10.3. The maximum Gasteiger partial charge on any atom is 0.411 e. The van der Waals surface area contributed by atoms with Crippen LogP contribution in [0.15, 0.2) is 12.3 Å². The summed E-state index contributed by atoms with van der Waals surface area (Å²) >= 11 is 0. The van der Waals surface area contributed by atoms with Gasteiger partial charge in [0.15, 0.2) is 0 Å².